The minimum absolute atomic E-state index is 0.110. The Morgan fingerprint density at radius 2 is 1.94 bits per heavy atom. The second-order valence-corrected chi connectivity index (χ2v) is 8.48. The smallest absolute Gasteiger partial charge is 0.321 e. The maximum Gasteiger partial charge on any atom is 0.321 e. The van der Waals surface area contributed by atoms with Crippen LogP contribution in [0, 0.1) is 0 Å². The van der Waals surface area contributed by atoms with Crippen LogP contribution < -0.4 is 15.0 Å². The maximum absolute atomic E-state index is 12.6. The molecule has 1 N–H and O–H groups in total. The predicted octanol–water partition coefficient (Wildman–Crippen LogP) is 4.15. The molecule has 2 aromatic heterocycles. The van der Waals surface area contributed by atoms with Gasteiger partial charge in [0, 0.05) is 55.6 Å². The van der Waals surface area contributed by atoms with Crippen LogP contribution in [0.4, 0.5) is 16.3 Å². The molecule has 33 heavy (non-hydrogen) atoms. The molecular formula is C24H28N6O3. The molecule has 3 heterocycles. The number of carbonyl (C=O) groups excluding carboxylic acids is 1. The van der Waals surface area contributed by atoms with Gasteiger partial charge in [0.2, 0.25) is 11.7 Å². The van der Waals surface area contributed by atoms with Crippen LogP contribution in [0.25, 0.3) is 11.4 Å². The lowest BCUT2D eigenvalue weighted by Gasteiger charge is -2.35. The number of benzene rings is 1. The number of carbonyl (C=O) groups is 1. The van der Waals surface area contributed by atoms with E-state index in [0.717, 1.165) is 35.8 Å². The molecule has 1 aliphatic heterocycles. The summed E-state index contributed by atoms with van der Waals surface area (Å²) in [6, 6.07) is 11.2. The van der Waals surface area contributed by atoms with Crippen LogP contribution in [0.1, 0.15) is 37.5 Å². The summed E-state index contributed by atoms with van der Waals surface area (Å²) >= 11 is 0. The lowest BCUT2D eigenvalue weighted by molar-refractivity contribution is 0.208. The van der Waals surface area contributed by atoms with Crippen molar-refractivity contribution in [3.63, 3.8) is 0 Å². The van der Waals surface area contributed by atoms with E-state index in [0.29, 0.717) is 43.7 Å². The van der Waals surface area contributed by atoms with Crippen LogP contribution in [0.3, 0.4) is 0 Å². The van der Waals surface area contributed by atoms with Crippen molar-refractivity contribution in [3.8, 4) is 17.1 Å². The molecule has 9 heteroatoms. The first-order valence-corrected chi connectivity index (χ1v) is 11.4. The lowest BCUT2D eigenvalue weighted by atomic mass is 10.1. The van der Waals surface area contributed by atoms with E-state index < -0.39 is 0 Å². The summed E-state index contributed by atoms with van der Waals surface area (Å²) in [5.41, 5.74) is 1.57. The molecule has 3 aromatic rings. The van der Waals surface area contributed by atoms with E-state index in [4.69, 9.17) is 9.26 Å². The first kappa shape index (κ1) is 21.2. The Hall–Kier alpha value is -3.62. The molecule has 1 saturated carbocycles. The van der Waals surface area contributed by atoms with Crippen LogP contribution in [-0.2, 0) is 0 Å². The number of hydrogen-bond donors (Lipinski definition) is 1. The second-order valence-electron chi connectivity index (χ2n) is 8.48. The molecule has 1 aromatic carbocycles. The van der Waals surface area contributed by atoms with Gasteiger partial charge in [0.15, 0.2) is 0 Å². The lowest BCUT2D eigenvalue weighted by Crippen LogP contribution is -2.50. The predicted molar refractivity (Wildman–Crippen MR) is 125 cm³/mol. The van der Waals surface area contributed by atoms with E-state index in [9.17, 15) is 4.79 Å². The van der Waals surface area contributed by atoms with Crippen LogP contribution in [0.5, 0.6) is 5.75 Å². The van der Waals surface area contributed by atoms with E-state index in [1.54, 1.807) is 19.4 Å². The SMILES string of the molecule is COc1cccc(NC(=O)N2CCN(c3ccc(-c4noc(C5CCCC5)n4)cn3)CC2)c1. The first-order valence-electron chi connectivity index (χ1n) is 11.4. The fraction of sp³-hybridized carbons (Fsp3) is 0.417. The molecule has 2 aliphatic rings. The highest BCUT2D eigenvalue weighted by Crippen LogP contribution is 2.34. The minimum atomic E-state index is -0.110. The zero-order chi connectivity index (χ0) is 22.6. The number of nitrogens with zero attached hydrogens (tertiary/aromatic N) is 5. The van der Waals surface area contributed by atoms with Crippen molar-refractivity contribution in [2.45, 2.75) is 31.6 Å². The number of methoxy groups -OCH3 is 1. The Kier molecular flexibility index (Phi) is 6.10. The van der Waals surface area contributed by atoms with Crippen molar-refractivity contribution in [1.82, 2.24) is 20.0 Å². The molecule has 0 radical (unpaired) electrons. The van der Waals surface area contributed by atoms with Gasteiger partial charge in [-0.2, -0.15) is 4.98 Å². The fourth-order valence-corrected chi connectivity index (χ4v) is 4.44. The number of urea groups is 1. The molecule has 0 atom stereocenters. The zero-order valence-electron chi connectivity index (χ0n) is 18.7. The van der Waals surface area contributed by atoms with Crippen molar-refractivity contribution in [2.75, 3.05) is 43.5 Å². The largest absolute Gasteiger partial charge is 0.497 e. The highest BCUT2D eigenvalue weighted by molar-refractivity contribution is 5.89. The Morgan fingerprint density at radius 1 is 1.12 bits per heavy atom. The maximum atomic E-state index is 12.6. The summed E-state index contributed by atoms with van der Waals surface area (Å²) in [6.45, 7) is 2.67. The number of aromatic nitrogens is 3. The number of hydrogen-bond acceptors (Lipinski definition) is 7. The molecule has 1 saturated heterocycles. The average Bonchev–Trinajstić information content (AvgIpc) is 3.57. The highest BCUT2D eigenvalue weighted by atomic mass is 16.5. The summed E-state index contributed by atoms with van der Waals surface area (Å²) in [4.78, 5) is 25.8. The molecule has 2 amide bonds. The molecule has 1 aliphatic carbocycles. The van der Waals surface area contributed by atoms with Crippen LogP contribution in [0.15, 0.2) is 47.1 Å². The molecule has 0 spiro atoms. The topological polar surface area (TPSA) is 96.6 Å². The van der Waals surface area contributed by atoms with Gasteiger partial charge in [-0.05, 0) is 37.1 Å². The number of amides is 2. The van der Waals surface area contributed by atoms with Crippen molar-refractivity contribution < 1.29 is 14.1 Å². The van der Waals surface area contributed by atoms with E-state index in [1.165, 1.54) is 12.8 Å². The summed E-state index contributed by atoms with van der Waals surface area (Å²) in [5, 5.41) is 7.09. The highest BCUT2D eigenvalue weighted by Gasteiger charge is 2.24. The fourth-order valence-electron chi connectivity index (χ4n) is 4.44. The first-order chi connectivity index (χ1) is 16.2. The van der Waals surface area contributed by atoms with Crippen LogP contribution in [-0.4, -0.2) is 59.3 Å². The molecule has 9 nitrogen and oxygen atoms in total. The van der Waals surface area contributed by atoms with E-state index in [1.807, 2.05) is 35.2 Å². The average molecular weight is 449 g/mol. The number of anilines is 2. The van der Waals surface area contributed by atoms with Crippen molar-refractivity contribution in [2.24, 2.45) is 0 Å². The second kappa shape index (κ2) is 9.48. The van der Waals surface area contributed by atoms with Crippen molar-refractivity contribution in [1.29, 1.82) is 0 Å². The van der Waals surface area contributed by atoms with Gasteiger partial charge in [-0.3, -0.25) is 0 Å². The standard InChI is InChI=1S/C24H28N6O3/c1-32-20-8-4-7-19(15-20)26-24(31)30-13-11-29(12-14-30)21-10-9-18(16-25-21)22-27-23(33-28-22)17-5-2-3-6-17/h4,7-10,15-17H,2-3,5-6,11-14H2,1H3,(H,26,31). The van der Waals surface area contributed by atoms with Crippen LogP contribution >= 0.6 is 0 Å². The summed E-state index contributed by atoms with van der Waals surface area (Å²) < 4.78 is 10.7. The molecular weight excluding hydrogens is 420 g/mol. The van der Waals surface area contributed by atoms with Gasteiger partial charge < -0.3 is 24.4 Å². The van der Waals surface area contributed by atoms with Crippen molar-refractivity contribution in [3.05, 3.63) is 48.5 Å². The van der Waals surface area contributed by atoms with Crippen molar-refractivity contribution >= 4 is 17.5 Å². The van der Waals surface area contributed by atoms with Gasteiger partial charge in [-0.15, -0.1) is 0 Å². The minimum Gasteiger partial charge on any atom is -0.497 e. The molecule has 2 fully saturated rings. The molecule has 0 unspecified atom stereocenters. The Labute approximate surface area is 192 Å². The zero-order valence-corrected chi connectivity index (χ0v) is 18.7. The Morgan fingerprint density at radius 3 is 2.67 bits per heavy atom. The number of ether oxygens (including phenoxy) is 1. The van der Waals surface area contributed by atoms with E-state index >= 15 is 0 Å². The van der Waals surface area contributed by atoms with Crippen LogP contribution in [0.2, 0.25) is 0 Å². The van der Waals surface area contributed by atoms with E-state index in [-0.39, 0.29) is 6.03 Å². The van der Waals surface area contributed by atoms with Gasteiger partial charge in [0.25, 0.3) is 0 Å². The normalized spacial score (nSPS) is 16.8. The van der Waals surface area contributed by atoms with Gasteiger partial charge in [0.05, 0.1) is 7.11 Å². The van der Waals surface area contributed by atoms with Gasteiger partial charge in [-0.1, -0.05) is 24.1 Å². The third kappa shape index (κ3) is 4.76. The number of piperazine rings is 1. The number of nitrogens with one attached hydrogen (secondary N) is 1. The van der Waals surface area contributed by atoms with Gasteiger partial charge >= 0.3 is 6.03 Å². The van der Waals surface area contributed by atoms with Gasteiger partial charge in [-0.25, -0.2) is 9.78 Å². The Bertz CT molecular complexity index is 1090. The molecule has 172 valence electrons. The number of rotatable bonds is 5. The summed E-state index contributed by atoms with van der Waals surface area (Å²) in [7, 11) is 1.61. The summed E-state index contributed by atoms with van der Waals surface area (Å²) in [5.74, 6) is 3.33. The number of pyridine rings is 1. The third-order valence-corrected chi connectivity index (χ3v) is 6.36. The quantitative estimate of drug-likeness (QED) is 0.626. The Balaban J connectivity index is 1.16. The third-order valence-electron chi connectivity index (χ3n) is 6.36. The molecule has 5 rings (SSSR count). The van der Waals surface area contributed by atoms with E-state index in [2.05, 4.69) is 25.3 Å². The summed E-state index contributed by atoms with van der Waals surface area (Å²) in [6.07, 6.45) is 6.51. The monoisotopic (exact) mass is 448 g/mol. The van der Waals surface area contributed by atoms with Gasteiger partial charge in [0.1, 0.15) is 11.6 Å². The molecule has 0 bridgehead atoms.